The van der Waals surface area contributed by atoms with Crippen molar-refractivity contribution >= 4 is 11.8 Å². The number of rotatable bonds is 6. The summed E-state index contributed by atoms with van der Waals surface area (Å²) in [5.74, 6) is 2.90. The molecule has 2 unspecified atom stereocenters. The van der Waals surface area contributed by atoms with Crippen LogP contribution in [0.15, 0.2) is 18.2 Å². The smallest absolute Gasteiger partial charge is 0.161 e. The van der Waals surface area contributed by atoms with Crippen LogP contribution in [0.5, 0.6) is 11.5 Å². The molecule has 0 amide bonds. The summed E-state index contributed by atoms with van der Waals surface area (Å²) in [6.45, 7) is 5.92. The monoisotopic (exact) mass is 295 g/mol. The van der Waals surface area contributed by atoms with Crippen molar-refractivity contribution in [2.24, 2.45) is 0 Å². The van der Waals surface area contributed by atoms with Gasteiger partial charge in [-0.3, -0.25) is 0 Å². The van der Waals surface area contributed by atoms with Crippen LogP contribution in [0.1, 0.15) is 38.3 Å². The molecule has 0 radical (unpaired) electrons. The average molecular weight is 295 g/mol. The molecule has 0 bridgehead atoms. The molecule has 1 N–H and O–H groups in total. The lowest BCUT2D eigenvalue weighted by Gasteiger charge is -2.22. The molecule has 0 saturated carbocycles. The molecule has 1 aliphatic rings. The van der Waals surface area contributed by atoms with E-state index in [0.717, 1.165) is 43.3 Å². The predicted octanol–water partition coefficient (Wildman–Crippen LogP) is 3.64. The van der Waals surface area contributed by atoms with E-state index >= 15 is 0 Å². The summed E-state index contributed by atoms with van der Waals surface area (Å²) in [6, 6.07) is 7.16. The summed E-state index contributed by atoms with van der Waals surface area (Å²) in [6.07, 6.45) is 4.25. The van der Waals surface area contributed by atoms with Gasteiger partial charge in [-0.25, -0.2) is 0 Å². The van der Waals surface area contributed by atoms with Gasteiger partial charge in [0.25, 0.3) is 0 Å². The molecule has 0 saturated heterocycles. The third kappa shape index (κ3) is 4.06. The van der Waals surface area contributed by atoms with E-state index in [-0.39, 0.29) is 0 Å². The first-order chi connectivity index (χ1) is 9.74. The van der Waals surface area contributed by atoms with Crippen LogP contribution in [0.3, 0.4) is 0 Å². The Morgan fingerprint density at radius 1 is 1.25 bits per heavy atom. The van der Waals surface area contributed by atoms with Crippen molar-refractivity contribution in [3.63, 3.8) is 0 Å². The van der Waals surface area contributed by atoms with Crippen molar-refractivity contribution in [1.29, 1.82) is 0 Å². The number of thioether (sulfide) groups is 1. The molecule has 20 heavy (non-hydrogen) atoms. The highest BCUT2D eigenvalue weighted by Gasteiger charge is 2.15. The SMILES string of the molecule is CCC(CSC)NC(C)c1ccc2c(c1)OCCCO2. The van der Waals surface area contributed by atoms with Crippen LogP contribution in [-0.2, 0) is 0 Å². The lowest BCUT2D eigenvalue weighted by atomic mass is 10.1. The van der Waals surface area contributed by atoms with E-state index in [1.54, 1.807) is 0 Å². The van der Waals surface area contributed by atoms with Gasteiger partial charge in [0.1, 0.15) is 0 Å². The van der Waals surface area contributed by atoms with Crippen LogP contribution >= 0.6 is 11.8 Å². The average Bonchev–Trinajstić information content (AvgIpc) is 2.71. The van der Waals surface area contributed by atoms with Crippen LogP contribution in [-0.4, -0.2) is 31.3 Å². The molecule has 2 atom stereocenters. The minimum absolute atomic E-state index is 0.323. The van der Waals surface area contributed by atoms with Crippen molar-refractivity contribution in [3.05, 3.63) is 23.8 Å². The normalized spacial score (nSPS) is 17.4. The molecule has 1 aromatic rings. The maximum atomic E-state index is 5.76. The van der Waals surface area contributed by atoms with E-state index in [1.165, 1.54) is 5.56 Å². The zero-order valence-electron chi connectivity index (χ0n) is 12.6. The van der Waals surface area contributed by atoms with Gasteiger partial charge in [-0.15, -0.1) is 0 Å². The fraction of sp³-hybridized carbons (Fsp3) is 0.625. The summed E-state index contributed by atoms with van der Waals surface area (Å²) >= 11 is 1.89. The standard InChI is InChI=1S/C16H25NO2S/c1-4-14(11-20-3)17-12(2)13-6-7-15-16(10-13)19-9-5-8-18-15/h6-7,10,12,14,17H,4-5,8-9,11H2,1-3H3. The quantitative estimate of drug-likeness (QED) is 0.868. The lowest BCUT2D eigenvalue weighted by molar-refractivity contribution is 0.297. The van der Waals surface area contributed by atoms with E-state index in [4.69, 9.17) is 9.47 Å². The topological polar surface area (TPSA) is 30.5 Å². The third-order valence-corrected chi connectivity index (χ3v) is 4.35. The zero-order valence-corrected chi connectivity index (χ0v) is 13.5. The number of nitrogens with one attached hydrogen (secondary N) is 1. The molecule has 4 heteroatoms. The van der Waals surface area contributed by atoms with Gasteiger partial charge in [0, 0.05) is 24.3 Å². The van der Waals surface area contributed by atoms with Crippen LogP contribution in [0.25, 0.3) is 0 Å². The van der Waals surface area contributed by atoms with Gasteiger partial charge in [-0.05, 0) is 37.3 Å². The number of ether oxygens (including phenoxy) is 2. The van der Waals surface area contributed by atoms with E-state index in [1.807, 2.05) is 17.8 Å². The van der Waals surface area contributed by atoms with Crippen LogP contribution in [0.2, 0.25) is 0 Å². The fourth-order valence-electron chi connectivity index (χ4n) is 2.38. The van der Waals surface area contributed by atoms with Gasteiger partial charge in [0.05, 0.1) is 13.2 Å². The van der Waals surface area contributed by atoms with Crippen LogP contribution in [0, 0.1) is 0 Å². The summed E-state index contributed by atoms with van der Waals surface area (Å²) in [5, 5.41) is 3.69. The Morgan fingerprint density at radius 2 is 2.00 bits per heavy atom. The molecule has 1 heterocycles. The minimum Gasteiger partial charge on any atom is -0.490 e. The zero-order chi connectivity index (χ0) is 14.4. The second-order valence-corrected chi connectivity index (χ2v) is 6.12. The second kappa shape index (κ2) is 7.79. The van der Waals surface area contributed by atoms with Gasteiger partial charge in [0.2, 0.25) is 0 Å². The third-order valence-electron chi connectivity index (χ3n) is 3.62. The first-order valence-electron chi connectivity index (χ1n) is 7.39. The number of hydrogen-bond acceptors (Lipinski definition) is 4. The maximum absolute atomic E-state index is 5.76. The van der Waals surface area contributed by atoms with Crippen molar-refractivity contribution in [2.75, 3.05) is 25.2 Å². The predicted molar refractivity (Wildman–Crippen MR) is 86.1 cm³/mol. The Morgan fingerprint density at radius 3 is 2.70 bits per heavy atom. The molecular weight excluding hydrogens is 270 g/mol. The molecule has 2 rings (SSSR count). The van der Waals surface area contributed by atoms with Crippen molar-refractivity contribution in [2.45, 2.75) is 38.8 Å². The Kier molecular flexibility index (Phi) is 6.05. The van der Waals surface area contributed by atoms with Crippen LogP contribution in [0.4, 0.5) is 0 Å². The van der Waals surface area contributed by atoms with E-state index in [0.29, 0.717) is 12.1 Å². The number of fused-ring (bicyclic) bond motifs is 1. The van der Waals surface area contributed by atoms with Gasteiger partial charge in [-0.1, -0.05) is 13.0 Å². The van der Waals surface area contributed by atoms with Crippen molar-refractivity contribution in [1.82, 2.24) is 5.32 Å². The molecule has 0 aromatic heterocycles. The second-order valence-electron chi connectivity index (χ2n) is 5.21. The highest BCUT2D eigenvalue weighted by Crippen LogP contribution is 2.32. The highest BCUT2D eigenvalue weighted by atomic mass is 32.2. The molecule has 3 nitrogen and oxygen atoms in total. The molecule has 1 aromatic carbocycles. The van der Waals surface area contributed by atoms with E-state index in [9.17, 15) is 0 Å². The first kappa shape index (κ1) is 15.5. The minimum atomic E-state index is 0.323. The maximum Gasteiger partial charge on any atom is 0.161 e. The van der Waals surface area contributed by atoms with Gasteiger partial charge < -0.3 is 14.8 Å². The molecule has 0 aliphatic carbocycles. The van der Waals surface area contributed by atoms with E-state index < -0.39 is 0 Å². The molecule has 0 spiro atoms. The van der Waals surface area contributed by atoms with Crippen LogP contribution < -0.4 is 14.8 Å². The van der Waals surface area contributed by atoms with Gasteiger partial charge in [-0.2, -0.15) is 11.8 Å². The van der Waals surface area contributed by atoms with Crippen molar-refractivity contribution in [3.8, 4) is 11.5 Å². The highest BCUT2D eigenvalue weighted by molar-refractivity contribution is 7.98. The lowest BCUT2D eigenvalue weighted by Crippen LogP contribution is -2.32. The van der Waals surface area contributed by atoms with E-state index in [2.05, 4.69) is 37.6 Å². The molecule has 1 aliphatic heterocycles. The Bertz CT molecular complexity index is 425. The Hall–Kier alpha value is -0.870. The summed E-state index contributed by atoms with van der Waals surface area (Å²) in [7, 11) is 0. The number of hydrogen-bond donors (Lipinski definition) is 1. The summed E-state index contributed by atoms with van der Waals surface area (Å²) < 4.78 is 11.4. The largest absolute Gasteiger partial charge is 0.490 e. The molecule has 112 valence electrons. The number of benzene rings is 1. The summed E-state index contributed by atoms with van der Waals surface area (Å²) in [5.41, 5.74) is 1.26. The molecular formula is C16H25NO2S. The first-order valence-corrected chi connectivity index (χ1v) is 8.78. The Labute approximate surface area is 126 Å². The van der Waals surface area contributed by atoms with Gasteiger partial charge >= 0.3 is 0 Å². The Balaban J connectivity index is 2.06. The van der Waals surface area contributed by atoms with Crippen molar-refractivity contribution < 1.29 is 9.47 Å². The fourth-order valence-corrected chi connectivity index (χ4v) is 3.12. The summed E-state index contributed by atoms with van der Waals surface area (Å²) in [4.78, 5) is 0. The van der Waals surface area contributed by atoms with Gasteiger partial charge in [0.15, 0.2) is 11.5 Å². The molecule has 0 fully saturated rings.